The van der Waals surface area contributed by atoms with Gasteiger partial charge < -0.3 is 9.32 Å². The summed E-state index contributed by atoms with van der Waals surface area (Å²) in [5, 5.41) is 1.08. The fourth-order valence-electron chi connectivity index (χ4n) is 3.52. The molecule has 3 heterocycles. The number of fused-ring (bicyclic) bond motifs is 1. The minimum absolute atomic E-state index is 0.157. The number of benzene rings is 1. The first kappa shape index (κ1) is 14.9. The van der Waals surface area contributed by atoms with E-state index >= 15 is 0 Å². The van der Waals surface area contributed by atoms with Crippen LogP contribution in [0.15, 0.2) is 47.2 Å². The topological polar surface area (TPSA) is 46.3 Å². The molecule has 1 amide bonds. The van der Waals surface area contributed by atoms with Crippen LogP contribution in [0.5, 0.6) is 0 Å². The number of nitrogens with zero attached hydrogens (tertiary/aromatic N) is 2. The summed E-state index contributed by atoms with van der Waals surface area (Å²) >= 11 is 0. The number of likely N-dealkylation sites (tertiary alicyclic amines) is 1. The Bertz CT molecular complexity index is 893. The van der Waals surface area contributed by atoms with Crippen LogP contribution < -0.4 is 0 Å². The van der Waals surface area contributed by atoms with Crippen molar-refractivity contribution < 1.29 is 9.21 Å². The van der Waals surface area contributed by atoms with E-state index < -0.39 is 0 Å². The molecule has 1 aliphatic heterocycles. The second-order valence-electron chi connectivity index (χ2n) is 6.64. The SMILES string of the molecule is Cc1cc(C)c2c(CC(=O)N3CC(c4ccccn4)C3)coc2c1. The van der Waals surface area contributed by atoms with Gasteiger partial charge in [-0.05, 0) is 43.2 Å². The highest BCUT2D eigenvalue weighted by Crippen LogP contribution is 2.29. The molecule has 0 saturated carbocycles. The zero-order valence-corrected chi connectivity index (χ0v) is 14.0. The lowest BCUT2D eigenvalue weighted by Crippen LogP contribution is -2.49. The molecular formula is C20H20N2O2. The van der Waals surface area contributed by atoms with Crippen molar-refractivity contribution in [2.75, 3.05) is 13.1 Å². The lowest BCUT2D eigenvalue weighted by molar-refractivity contribution is -0.134. The monoisotopic (exact) mass is 320 g/mol. The molecule has 1 aromatic carbocycles. The number of pyridine rings is 1. The van der Waals surface area contributed by atoms with E-state index in [-0.39, 0.29) is 5.91 Å². The van der Waals surface area contributed by atoms with E-state index in [2.05, 4.69) is 24.9 Å². The normalized spacial score (nSPS) is 14.8. The van der Waals surface area contributed by atoms with E-state index in [4.69, 9.17) is 4.42 Å². The third kappa shape index (κ3) is 2.58. The van der Waals surface area contributed by atoms with Crippen LogP contribution in [0.2, 0.25) is 0 Å². The molecule has 0 radical (unpaired) electrons. The van der Waals surface area contributed by atoms with Crippen LogP contribution in [0.25, 0.3) is 11.0 Å². The van der Waals surface area contributed by atoms with Crippen molar-refractivity contribution in [3.63, 3.8) is 0 Å². The van der Waals surface area contributed by atoms with Crippen molar-refractivity contribution >= 4 is 16.9 Å². The number of hydrogen-bond donors (Lipinski definition) is 0. The maximum absolute atomic E-state index is 12.6. The van der Waals surface area contributed by atoms with Crippen molar-refractivity contribution in [2.24, 2.45) is 0 Å². The molecule has 1 fully saturated rings. The number of amides is 1. The van der Waals surface area contributed by atoms with Crippen molar-refractivity contribution in [1.82, 2.24) is 9.88 Å². The van der Waals surface area contributed by atoms with Crippen molar-refractivity contribution in [3.8, 4) is 0 Å². The maximum Gasteiger partial charge on any atom is 0.227 e. The highest BCUT2D eigenvalue weighted by molar-refractivity contribution is 5.90. The van der Waals surface area contributed by atoms with Crippen LogP contribution in [0.1, 0.15) is 28.3 Å². The molecule has 0 spiro atoms. The summed E-state index contributed by atoms with van der Waals surface area (Å²) in [7, 11) is 0. The molecule has 2 aromatic heterocycles. The molecule has 122 valence electrons. The van der Waals surface area contributed by atoms with Gasteiger partial charge >= 0.3 is 0 Å². The Balaban J connectivity index is 1.46. The summed E-state index contributed by atoms with van der Waals surface area (Å²) in [6, 6.07) is 10.1. The second-order valence-corrected chi connectivity index (χ2v) is 6.64. The smallest absolute Gasteiger partial charge is 0.227 e. The number of furan rings is 1. The molecule has 3 aromatic rings. The van der Waals surface area contributed by atoms with Gasteiger partial charge in [-0.3, -0.25) is 9.78 Å². The van der Waals surface area contributed by atoms with Crippen LogP contribution in [0, 0.1) is 13.8 Å². The van der Waals surface area contributed by atoms with Crippen molar-refractivity contribution in [1.29, 1.82) is 0 Å². The minimum Gasteiger partial charge on any atom is -0.464 e. The first-order valence-corrected chi connectivity index (χ1v) is 8.28. The van der Waals surface area contributed by atoms with Gasteiger partial charge in [0.2, 0.25) is 5.91 Å². The molecule has 24 heavy (non-hydrogen) atoms. The highest BCUT2D eigenvalue weighted by atomic mass is 16.3. The van der Waals surface area contributed by atoms with Gasteiger partial charge in [0.25, 0.3) is 0 Å². The maximum atomic E-state index is 12.6. The number of hydrogen-bond acceptors (Lipinski definition) is 3. The van der Waals surface area contributed by atoms with Gasteiger partial charge in [0.05, 0.1) is 12.7 Å². The fourth-order valence-corrected chi connectivity index (χ4v) is 3.52. The van der Waals surface area contributed by atoms with Gasteiger partial charge in [0.1, 0.15) is 5.58 Å². The average Bonchev–Trinajstić information content (AvgIpc) is 2.89. The van der Waals surface area contributed by atoms with Crippen LogP contribution in [-0.2, 0) is 11.2 Å². The van der Waals surface area contributed by atoms with Crippen LogP contribution in [-0.4, -0.2) is 28.9 Å². The number of carbonyl (C=O) groups excluding carboxylic acids is 1. The third-order valence-electron chi connectivity index (χ3n) is 4.77. The molecular weight excluding hydrogens is 300 g/mol. The molecule has 0 N–H and O–H groups in total. The zero-order valence-electron chi connectivity index (χ0n) is 14.0. The van der Waals surface area contributed by atoms with E-state index in [0.717, 1.165) is 40.9 Å². The summed E-state index contributed by atoms with van der Waals surface area (Å²) in [6.45, 7) is 5.63. The molecule has 0 unspecified atom stereocenters. The molecule has 0 bridgehead atoms. The first-order valence-electron chi connectivity index (χ1n) is 8.28. The van der Waals surface area contributed by atoms with Crippen LogP contribution >= 0.6 is 0 Å². The van der Waals surface area contributed by atoms with Crippen molar-refractivity contribution in [2.45, 2.75) is 26.2 Å². The largest absolute Gasteiger partial charge is 0.464 e. The van der Waals surface area contributed by atoms with Gasteiger partial charge in [0, 0.05) is 41.8 Å². The third-order valence-corrected chi connectivity index (χ3v) is 4.77. The standard InChI is InChI=1S/C20H20N2O2/c1-13-7-14(2)20-15(12-24-18(20)8-13)9-19(23)22-10-16(11-22)17-5-3-4-6-21-17/h3-8,12,16H,9-11H2,1-2H3. The van der Waals surface area contributed by atoms with Gasteiger partial charge in [-0.2, -0.15) is 0 Å². The number of aromatic nitrogens is 1. The molecule has 4 nitrogen and oxygen atoms in total. The number of carbonyl (C=O) groups is 1. The highest BCUT2D eigenvalue weighted by Gasteiger charge is 2.32. The molecule has 1 aliphatic rings. The Hall–Kier alpha value is -2.62. The van der Waals surface area contributed by atoms with Gasteiger partial charge in [-0.1, -0.05) is 12.1 Å². The lowest BCUT2D eigenvalue weighted by atomic mass is 9.94. The van der Waals surface area contributed by atoms with Crippen LogP contribution in [0.4, 0.5) is 0 Å². The Labute approximate surface area is 141 Å². The molecule has 0 aliphatic carbocycles. The Morgan fingerprint density at radius 1 is 1.29 bits per heavy atom. The van der Waals surface area contributed by atoms with Gasteiger partial charge in [-0.25, -0.2) is 0 Å². The predicted octanol–water partition coefficient (Wildman–Crippen LogP) is 3.61. The van der Waals surface area contributed by atoms with Crippen LogP contribution in [0.3, 0.4) is 0 Å². The molecule has 4 heteroatoms. The Kier molecular flexibility index (Phi) is 3.60. The summed E-state index contributed by atoms with van der Waals surface area (Å²) in [5.41, 5.74) is 5.25. The van der Waals surface area contributed by atoms with E-state index in [0.29, 0.717) is 12.3 Å². The van der Waals surface area contributed by atoms with E-state index in [9.17, 15) is 4.79 Å². The Morgan fingerprint density at radius 3 is 2.88 bits per heavy atom. The first-order chi connectivity index (χ1) is 11.6. The molecule has 1 saturated heterocycles. The number of rotatable bonds is 3. The minimum atomic E-state index is 0.157. The predicted molar refractivity (Wildman–Crippen MR) is 93.0 cm³/mol. The summed E-state index contributed by atoms with van der Waals surface area (Å²) in [5.74, 6) is 0.519. The average molecular weight is 320 g/mol. The van der Waals surface area contributed by atoms with Crippen molar-refractivity contribution in [3.05, 3.63) is 65.2 Å². The number of aryl methyl sites for hydroxylation is 2. The second kappa shape index (κ2) is 5.78. The summed E-state index contributed by atoms with van der Waals surface area (Å²) < 4.78 is 5.65. The fraction of sp³-hybridized carbons (Fsp3) is 0.300. The van der Waals surface area contributed by atoms with E-state index in [1.54, 1.807) is 6.26 Å². The Morgan fingerprint density at radius 2 is 2.12 bits per heavy atom. The zero-order chi connectivity index (χ0) is 16.7. The molecule has 4 rings (SSSR count). The summed E-state index contributed by atoms with van der Waals surface area (Å²) in [6.07, 6.45) is 3.93. The van der Waals surface area contributed by atoms with E-state index in [1.807, 2.05) is 35.4 Å². The lowest BCUT2D eigenvalue weighted by Gasteiger charge is -2.39. The van der Waals surface area contributed by atoms with Gasteiger partial charge in [0.15, 0.2) is 0 Å². The quantitative estimate of drug-likeness (QED) is 0.740. The van der Waals surface area contributed by atoms with Gasteiger partial charge in [-0.15, -0.1) is 0 Å². The van der Waals surface area contributed by atoms with E-state index in [1.165, 1.54) is 5.56 Å². The molecule has 0 atom stereocenters. The summed E-state index contributed by atoms with van der Waals surface area (Å²) in [4.78, 5) is 18.8.